The number of Topliss-reactive ketones (excluding diaryl/α,β-unsaturated/α-hetero) is 1. The van der Waals surface area contributed by atoms with E-state index in [4.69, 9.17) is 0 Å². The van der Waals surface area contributed by atoms with Crippen LogP contribution in [0.1, 0.15) is 73.1 Å². The van der Waals surface area contributed by atoms with Crippen LogP contribution < -0.4 is 0 Å². The third-order valence-corrected chi connectivity index (χ3v) is 4.22. The van der Waals surface area contributed by atoms with Crippen molar-refractivity contribution in [2.45, 2.75) is 79.2 Å². The van der Waals surface area contributed by atoms with Crippen molar-refractivity contribution in [3.05, 3.63) is 0 Å². The molecule has 0 saturated heterocycles. The van der Waals surface area contributed by atoms with Gasteiger partial charge in [0.25, 0.3) is 0 Å². The summed E-state index contributed by atoms with van der Waals surface area (Å²) in [6.45, 7) is 12.8. The third kappa shape index (κ3) is 5.99. The molecule has 0 aromatic carbocycles. The fourth-order valence-electron chi connectivity index (χ4n) is 2.74. The van der Waals surface area contributed by atoms with E-state index in [0.717, 1.165) is 25.4 Å². The quantitative estimate of drug-likeness (QED) is 0.549. The zero-order valence-electron chi connectivity index (χ0n) is 13.2. The molecule has 0 saturated carbocycles. The molecule has 1 atom stereocenters. The Morgan fingerprint density at radius 2 is 1.50 bits per heavy atom. The van der Waals surface area contributed by atoms with Gasteiger partial charge in [-0.3, -0.25) is 9.69 Å². The van der Waals surface area contributed by atoms with Crippen LogP contribution >= 0.6 is 0 Å². The van der Waals surface area contributed by atoms with Crippen LogP contribution in [0.2, 0.25) is 0 Å². The Balaban J connectivity index is 4.29. The molecular formula is C16H33NO. The molecule has 0 N–H and O–H groups in total. The lowest BCUT2D eigenvalue weighted by Crippen LogP contribution is -2.40. The van der Waals surface area contributed by atoms with E-state index < -0.39 is 0 Å². The van der Waals surface area contributed by atoms with E-state index in [1.54, 1.807) is 0 Å². The molecule has 0 unspecified atom stereocenters. The molecule has 0 fully saturated rings. The van der Waals surface area contributed by atoms with Crippen LogP contribution in [0.25, 0.3) is 0 Å². The summed E-state index contributed by atoms with van der Waals surface area (Å²) in [7, 11) is 0. The van der Waals surface area contributed by atoms with E-state index in [1.165, 1.54) is 25.7 Å². The topological polar surface area (TPSA) is 20.3 Å². The number of carbonyl (C=O) groups is 1. The number of rotatable bonds is 11. The zero-order chi connectivity index (χ0) is 14.0. The van der Waals surface area contributed by atoms with Gasteiger partial charge in [0, 0.05) is 6.42 Å². The zero-order valence-corrected chi connectivity index (χ0v) is 13.2. The average Bonchev–Trinajstić information content (AvgIpc) is 2.41. The molecule has 0 aliphatic heterocycles. The van der Waals surface area contributed by atoms with Crippen molar-refractivity contribution in [3.63, 3.8) is 0 Å². The van der Waals surface area contributed by atoms with Crippen molar-refractivity contribution in [3.8, 4) is 0 Å². The van der Waals surface area contributed by atoms with E-state index in [0.29, 0.717) is 12.2 Å². The molecule has 108 valence electrons. The fourth-order valence-corrected chi connectivity index (χ4v) is 2.74. The van der Waals surface area contributed by atoms with Gasteiger partial charge in [-0.25, -0.2) is 0 Å². The highest BCUT2D eigenvalue weighted by molar-refractivity contribution is 5.83. The number of nitrogens with zero attached hydrogens (tertiary/aromatic N) is 1. The second-order valence-corrected chi connectivity index (χ2v) is 5.17. The third-order valence-electron chi connectivity index (χ3n) is 4.22. The first-order chi connectivity index (χ1) is 8.64. The summed E-state index contributed by atoms with van der Waals surface area (Å²) in [4.78, 5) is 14.4. The Bertz CT molecular complexity index is 207. The van der Waals surface area contributed by atoms with Gasteiger partial charge in [0.2, 0.25) is 0 Å². The van der Waals surface area contributed by atoms with Gasteiger partial charge in [0.15, 0.2) is 0 Å². The highest BCUT2D eigenvalue weighted by Gasteiger charge is 2.21. The maximum atomic E-state index is 12.0. The van der Waals surface area contributed by atoms with Crippen LogP contribution in [0, 0.1) is 5.92 Å². The normalized spacial score (nSPS) is 13.3. The van der Waals surface area contributed by atoms with Crippen LogP contribution in [0.3, 0.4) is 0 Å². The summed E-state index contributed by atoms with van der Waals surface area (Å²) < 4.78 is 0. The number of hydrogen-bond donors (Lipinski definition) is 0. The molecule has 0 aromatic heterocycles. The van der Waals surface area contributed by atoms with Gasteiger partial charge in [0.05, 0.1) is 6.04 Å². The first kappa shape index (κ1) is 17.6. The van der Waals surface area contributed by atoms with Gasteiger partial charge in [0.1, 0.15) is 5.78 Å². The average molecular weight is 255 g/mol. The van der Waals surface area contributed by atoms with Gasteiger partial charge in [-0.15, -0.1) is 0 Å². The Morgan fingerprint density at radius 3 is 1.89 bits per heavy atom. The maximum Gasteiger partial charge on any atom is 0.149 e. The lowest BCUT2D eigenvalue weighted by atomic mass is 9.93. The number of likely N-dealkylation sites (N-methyl/N-ethyl adjacent to an activating group) is 1. The number of carbonyl (C=O) groups excluding carboxylic acids is 1. The SMILES string of the molecule is CCC(=O)[C@H](CCCC(CC)CC)N(CC)CC. The van der Waals surface area contributed by atoms with Crippen molar-refractivity contribution in [2.24, 2.45) is 5.92 Å². The largest absolute Gasteiger partial charge is 0.298 e. The second-order valence-electron chi connectivity index (χ2n) is 5.17. The standard InChI is InChI=1S/C16H33NO/c1-6-14(7-2)12-11-13-15(16(18)8-3)17(9-4)10-5/h14-15H,6-13H2,1-5H3/t15-/m0/s1. The lowest BCUT2D eigenvalue weighted by Gasteiger charge is -2.28. The van der Waals surface area contributed by atoms with Crippen LogP contribution in [0.4, 0.5) is 0 Å². The van der Waals surface area contributed by atoms with E-state index in [2.05, 4.69) is 32.6 Å². The van der Waals surface area contributed by atoms with Crippen molar-refractivity contribution in [1.29, 1.82) is 0 Å². The number of hydrogen-bond acceptors (Lipinski definition) is 2. The second kappa shape index (κ2) is 10.5. The van der Waals surface area contributed by atoms with Crippen LogP contribution in [-0.4, -0.2) is 29.8 Å². The Morgan fingerprint density at radius 1 is 0.944 bits per heavy atom. The number of ketones is 1. The highest BCUT2D eigenvalue weighted by Crippen LogP contribution is 2.19. The Hall–Kier alpha value is -0.370. The molecule has 18 heavy (non-hydrogen) atoms. The van der Waals surface area contributed by atoms with Crippen molar-refractivity contribution in [1.82, 2.24) is 4.90 Å². The van der Waals surface area contributed by atoms with E-state index >= 15 is 0 Å². The molecule has 0 spiro atoms. The summed E-state index contributed by atoms with van der Waals surface area (Å²) in [5.74, 6) is 1.27. The highest BCUT2D eigenvalue weighted by atomic mass is 16.1. The van der Waals surface area contributed by atoms with Crippen molar-refractivity contribution >= 4 is 5.78 Å². The summed E-state index contributed by atoms with van der Waals surface area (Å²) in [6.07, 6.45) is 6.74. The van der Waals surface area contributed by atoms with Gasteiger partial charge in [-0.1, -0.05) is 60.3 Å². The van der Waals surface area contributed by atoms with E-state index in [9.17, 15) is 4.79 Å². The summed E-state index contributed by atoms with van der Waals surface area (Å²) in [6, 6.07) is 0.166. The van der Waals surface area contributed by atoms with Crippen molar-refractivity contribution in [2.75, 3.05) is 13.1 Å². The molecule has 2 nitrogen and oxygen atoms in total. The first-order valence-corrected chi connectivity index (χ1v) is 7.91. The minimum atomic E-state index is 0.166. The predicted molar refractivity (Wildman–Crippen MR) is 79.9 cm³/mol. The smallest absolute Gasteiger partial charge is 0.149 e. The molecule has 0 aromatic rings. The molecule has 0 aliphatic rings. The Kier molecular flexibility index (Phi) is 10.3. The van der Waals surface area contributed by atoms with Crippen LogP contribution in [0.15, 0.2) is 0 Å². The summed E-state index contributed by atoms with van der Waals surface area (Å²) in [5, 5.41) is 0. The summed E-state index contributed by atoms with van der Waals surface area (Å²) >= 11 is 0. The molecule has 0 rings (SSSR count). The molecule has 0 amide bonds. The monoisotopic (exact) mass is 255 g/mol. The van der Waals surface area contributed by atoms with Gasteiger partial charge in [-0.2, -0.15) is 0 Å². The van der Waals surface area contributed by atoms with Crippen molar-refractivity contribution < 1.29 is 4.79 Å². The molecule has 0 aliphatic carbocycles. The van der Waals surface area contributed by atoms with Gasteiger partial charge >= 0.3 is 0 Å². The van der Waals surface area contributed by atoms with Gasteiger partial charge in [-0.05, 0) is 25.4 Å². The molecule has 2 heteroatoms. The molecule has 0 bridgehead atoms. The first-order valence-electron chi connectivity index (χ1n) is 7.91. The van der Waals surface area contributed by atoms with E-state index in [-0.39, 0.29) is 6.04 Å². The molecular weight excluding hydrogens is 222 g/mol. The molecule has 0 radical (unpaired) electrons. The van der Waals surface area contributed by atoms with Crippen LogP contribution in [0.5, 0.6) is 0 Å². The molecule has 0 heterocycles. The van der Waals surface area contributed by atoms with Crippen LogP contribution in [-0.2, 0) is 4.79 Å². The fraction of sp³-hybridized carbons (Fsp3) is 0.938. The lowest BCUT2D eigenvalue weighted by molar-refractivity contribution is -0.124. The minimum Gasteiger partial charge on any atom is -0.298 e. The van der Waals surface area contributed by atoms with Gasteiger partial charge < -0.3 is 0 Å². The summed E-state index contributed by atoms with van der Waals surface area (Å²) in [5.41, 5.74) is 0. The Labute approximate surface area is 114 Å². The van der Waals surface area contributed by atoms with E-state index in [1.807, 2.05) is 6.92 Å². The maximum absolute atomic E-state index is 12.0. The predicted octanol–water partition coefficient (Wildman–Crippen LogP) is 4.28. The minimum absolute atomic E-state index is 0.166.